The number of benzene rings is 4. The molecular weight excluding hydrogens is 506 g/mol. The van der Waals surface area contributed by atoms with Gasteiger partial charge >= 0.3 is 17.5 Å². The van der Waals surface area contributed by atoms with Crippen molar-refractivity contribution in [3.8, 4) is 22.6 Å². The van der Waals surface area contributed by atoms with Gasteiger partial charge in [-0.3, -0.25) is 4.79 Å². The summed E-state index contributed by atoms with van der Waals surface area (Å²) in [6.07, 6.45) is 7.47. The monoisotopic (exact) mass is 534 g/mol. The number of carboxylic acids is 1. The molecule has 0 fully saturated rings. The van der Waals surface area contributed by atoms with E-state index in [0.29, 0.717) is 0 Å². The largest absolute Gasteiger partial charge is 0.480 e. The Morgan fingerprint density at radius 3 is 1.66 bits per heavy atom. The molecule has 0 spiro atoms. The number of rotatable bonds is 6. The van der Waals surface area contributed by atoms with Crippen molar-refractivity contribution in [1.82, 2.24) is 4.90 Å². The van der Waals surface area contributed by atoms with Crippen LogP contribution in [-0.2, 0) is 4.79 Å². The normalized spacial score (nSPS) is 12.4. The van der Waals surface area contributed by atoms with Gasteiger partial charge in [0.05, 0.1) is 23.3 Å². The number of hydrogen-bond donors (Lipinski definition) is 1. The van der Waals surface area contributed by atoms with Crippen LogP contribution >= 0.6 is 0 Å². The summed E-state index contributed by atoms with van der Waals surface area (Å²) >= 11 is 0. The van der Waals surface area contributed by atoms with E-state index in [1.165, 1.54) is 0 Å². The summed E-state index contributed by atoms with van der Waals surface area (Å²) in [7, 11) is 0. The highest BCUT2D eigenvalue weighted by molar-refractivity contribution is 5.83. The van der Waals surface area contributed by atoms with Crippen molar-refractivity contribution in [3.63, 3.8) is 0 Å². The molecule has 198 valence electrons. The minimum absolute atomic E-state index is 0.0616. The fraction of sp³-hybridized carbons (Fsp3) is 0.0270. The molecule has 0 aliphatic carbocycles. The summed E-state index contributed by atoms with van der Waals surface area (Å²) in [6.45, 7) is -0.0616. The molecule has 6 rings (SSSR count). The molecule has 4 nitrogen and oxygen atoms in total. The summed E-state index contributed by atoms with van der Waals surface area (Å²) in [5.41, 5.74) is 6.32. The zero-order valence-electron chi connectivity index (χ0n) is 22.4. The lowest BCUT2D eigenvalue weighted by atomic mass is 9.93. The lowest BCUT2D eigenvalue weighted by molar-refractivity contribution is -0.137. The van der Waals surface area contributed by atoms with Gasteiger partial charge in [-0.15, -0.1) is 0 Å². The molecule has 0 amide bonds. The molecule has 2 heterocycles. The lowest BCUT2D eigenvalue weighted by Crippen LogP contribution is -2.21. The molecule has 4 aromatic carbocycles. The van der Waals surface area contributed by atoms with Gasteiger partial charge in [-0.25, -0.2) is 4.42 Å². The van der Waals surface area contributed by atoms with Crippen LogP contribution in [-0.4, -0.2) is 22.5 Å². The molecule has 1 aliphatic heterocycles. The van der Waals surface area contributed by atoms with Crippen molar-refractivity contribution >= 4 is 17.1 Å². The van der Waals surface area contributed by atoms with Gasteiger partial charge in [0.15, 0.2) is 0 Å². The van der Waals surface area contributed by atoms with Crippen LogP contribution in [0.4, 0.5) is 0 Å². The predicted octanol–water partition coefficient (Wildman–Crippen LogP) is 6.72. The van der Waals surface area contributed by atoms with Gasteiger partial charge < -0.3 is 10.0 Å². The van der Waals surface area contributed by atoms with E-state index in [1.807, 2.05) is 54.6 Å². The highest BCUT2D eigenvalue weighted by Crippen LogP contribution is 2.32. The fourth-order valence-electron chi connectivity index (χ4n) is 4.98. The van der Waals surface area contributed by atoms with E-state index in [0.717, 1.165) is 55.4 Å². The van der Waals surface area contributed by atoms with Crippen molar-refractivity contribution in [2.45, 2.75) is 0 Å². The van der Waals surface area contributed by atoms with Gasteiger partial charge in [0.1, 0.15) is 6.54 Å². The van der Waals surface area contributed by atoms with E-state index in [2.05, 4.69) is 84.9 Å². The Bertz CT molecular complexity index is 1780. The molecule has 0 unspecified atom stereocenters. The number of carbonyl (C=O) groups is 1. The van der Waals surface area contributed by atoms with Gasteiger partial charge in [-0.1, -0.05) is 91.0 Å². The quantitative estimate of drug-likeness (QED) is 0.246. The molecule has 0 saturated heterocycles. The minimum atomic E-state index is -0.865. The van der Waals surface area contributed by atoms with Crippen LogP contribution in [0, 0.1) is 0 Å². The third-order valence-electron chi connectivity index (χ3n) is 6.98. The van der Waals surface area contributed by atoms with Crippen LogP contribution in [0.15, 0.2) is 156 Å². The summed E-state index contributed by atoms with van der Waals surface area (Å²) in [5, 5.41) is 11.2. The molecule has 4 heteroatoms. The van der Waals surface area contributed by atoms with E-state index < -0.39 is 5.97 Å². The minimum Gasteiger partial charge on any atom is -0.480 e. The fourth-order valence-corrected chi connectivity index (χ4v) is 4.98. The van der Waals surface area contributed by atoms with E-state index in [9.17, 15) is 4.79 Å². The van der Waals surface area contributed by atoms with Crippen molar-refractivity contribution in [2.75, 3.05) is 6.54 Å². The third kappa shape index (κ3) is 5.92. The van der Waals surface area contributed by atoms with Crippen molar-refractivity contribution in [1.29, 1.82) is 0 Å². The Morgan fingerprint density at radius 2 is 1.15 bits per heavy atom. The Kier molecular flexibility index (Phi) is 7.37. The standard InChI is InChI=1S/C37H27NO3/c39-36(40)26-38-22-20-28(21-23-38)27-16-18-32(19-17-27)37(31-14-8-3-9-15-31)33-24-34(29-10-4-1-5-11-29)41-35(25-33)30-12-6-2-7-13-30/h1-25H,26H2/p+1. The predicted molar refractivity (Wildman–Crippen MR) is 164 cm³/mol. The van der Waals surface area contributed by atoms with E-state index >= 15 is 0 Å². The molecule has 0 bridgehead atoms. The van der Waals surface area contributed by atoms with Gasteiger partial charge in [0, 0.05) is 18.0 Å². The van der Waals surface area contributed by atoms with Gasteiger partial charge in [0.25, 0.3) is 0 Å². The number of allylic oxidation sites excluding steroid dienone is 2. The van der Waals surface area contributed by atoms with E-state index in [1.54, 1.807) is 17.3 Å². The maximum absolute atomic E-state index is 11.0. The molecule has 1 N–H and O–H groups in total. The first-order chi connectivity index (χ1) is 20.1. The zero-order chi connectivity index (χ0) is 28.0. The first kappa shape index (κ1) is 25.8. The molecule has 0 atom stereocenters. The highest BCUT2D eigenvalue weighted by Gasteiger charge is 2.22. The van der Waals surface area contributed by atoms with Crippen LogP contribution in [0.3, 0.4) is 0 Å². The lowest BCUT2D eigenvalue weighted by Gasteiger charge is -2.16. The molecule has 1 aromatic heterocycles. The van der Waals surface area contributed by atoms with E-state index in [-0.39, 0.29) is 6.54 Å². The van der Waals surface area contributed by atoms with Gasteiger partial charge in [0.2, 0.25) is 0 Å². The molecular formula is C37H28NO3+. The molecule has 0 saturated carbocycles. The molecule has 5 aromatic rings. The second-order valence-corrected chi connectivity index (χ2v) is 9.78. The number of hydrogen-bond acceptors (Lipinski definition) is 2. The van der Waals surface area contributed by atoms with Crippen LogP contribution in [0.2, 0.25) is 0 Å². The third-order valence-corrected chi connectivity index (χ3v) is 6.98. The average Bonchev–Trinajstić information content (AvgIpc) is 3.03. The molecule has 1 aliphatic rings. The second-order valence-electron chi connectivity index (χ2n) is 9.78. The van der Waals surface area contributed by atoms with Crippen LogP contribution in [0.25, 0.3) is 33.8 Å². The molecule has 0 radical (unpaired) electrons. The van der Waals surface area contributed by atoms with Crippen LogP contribution in [0.1, 0.15) is 11.1 Å². The SMILES string of the molecule is O=C(O)CN1C=CC(=c2ccc(=C(c3ccccc3)c3cc(-c4ccccc4)[o+]c(-c4ccccc4)c3)cc2)C=C1. The summed E-state index contributed by atoms with van der Waals surface area (Å²) < 4.78 is 6.47. The van der Waals surface area contributed by atoms with Crippen LogP contribution in [0.5, 0.6) is 0 Å². The second kappa shape index (κ2) is 11.7. The summed E-state index contributed by atoms with van der Waals surface area (Å²) in [5.74, 6) is 0.729. The number of nitrogens with zero attached hydrogens (tertiary/aromatic N) is 1. The number of carboxylic acid groups (broad SMARTS) is 1. The van der Waals surface area contributed by atoms with Crippen molar-refractivity contribution in [2.24, 2.45) is 0 Å². The molecule has 41 heavy (non-hydrogen) atoms. The number of aliphatic carboxylic acids is 1. The first-order valence-corrected chi connectivity index (χ1v) is 13.5. The van der Waals surface area contributed by atoms with Crippen molar-refractivity contribution < 1.29 is 14.3 Å². The maximum atomic E-state index is 11.0. The topological polar surface area (TPSA) is 51.8 Å². The van der Waals surface area contributed by atoms with E-state index in [4.69, 9.17) is 9.52 Å². The Hall–Kier alpha value is -5.48. The Labute approximate surface area is 238 Å². The summed E-state index contributed by atoms with van der Waals surface area (Å²) in [4.78, 5) is 12.7. The van der Waals surface area contributed by atoms with Crippen LogP contribution < -0.4 is 10.4 Å². The van der Waals surface area contributed by atoms with Crippen molar-refractivity contribution in [3.05, 3.63) is 174 Å². The zero-order valence-corrected chi connectivity index (χ0v) is 22.4. The average molecular weight is 535 g/mol. The first-order valence-electron chi connectivity index (χ1n) is 13.5. The smallest absolute Gasteiger partial charge is 0.361 e. The highest BCUT2D eigenvalue weighted by atomic mass is 16.4. The summed E-state index contributed by atoms with van der Waals surface area (Å²) in [6, 6.07) is 43.5. The Morgan fingerprint density at radius 1 is 0.634 bits per heavy atom. The maximum Gasteiger partial charge on any atom is 0.361 e. The van der Waals surface area contributed by atoms with Gasteiger partial charge in [-0.05, 0) is 63.6 Å². The Balaban J connectivity index is 1.53. The van der Waals surface area contributed by atoms with Gasteiger partial charge in [-0.2, -0.15) is 0 Å².